The van der Waals surface area contributed by atoms with Crippen molar-refractivity contribution >= 4 is 17.3 Å². The fraction of sp³-hybridized carbons (Fsp3) is 0.133. The van der Waals surface area contributed by atoms with Crippen LogP contribution >= 0.6 is 11.6 Å². The Hall–Kier alpha value is -2.18. The summed E-state index contributed by atoms with van der Waals surface area (Å²) in [6.07, 6.45) is 0.407. The van der Waals surface area contributed by atoms with Crippen LogP contribution in [0.15, 0.2) is 42.5 Å². The molecule has 0 atom stereocenters. The van der Waals surface area contributed by atoms with E-state index in [1.807, 2.05) is 30.3 Å². The molecule has 0 bridgehead atoms. The Morgan fingerprint density at radius 1 is 1.16 bits per heavy atom. The molecule has 0 fully saturated rings. The molecule has 2 rings (SSSR count). The second-order valence-electron chi connectivity index (χ2n) is 4.11. The van der Waals surface area contributed by atoms with Gasteiger partial charge in [-0.05, 0) is 29.8 Å². The van der Waals surface area contributed by atoms with Crippen LogP contribution in [0.4, 0.5) is 5.69 Å². The van der Waals surface area contributed by atoms with Gasteiger partial charge >= 0.3 is 0 Å². The van der Waals surface area contributed by atoms with Crippen molar-refractivity contribution in [3.8, 4) is 11.8 Å². The summed E-state index contributed by atoms with van der Waals surface area (Å²) >= 11 is 5.83. The monoisotopic (exact) mass is 272 g/mol. The second kappa shape index (κ2) is 6.12. The molecular weight excluding hydrogens is 260 g/mol. The molecule has 2 N–H and O–H groups in total. The van der Waals surface area contributed by atoms with Crippen molar-refractivity contribution in [1.29, 1.82) is 5.26 Å². The highest BCUT2D eigenvalue weighted by atomic mass is 35.5. The summed E-state index contributed by atoms with van der Waals surface area (Å²) in [5.41, 5.74) is 8.33. The summed E-state index contributed by atoms with van der Waals surface area (Å²) in [7, 11) is 0. The Labute approximate surface area is 117 Å². The fourth-order valence-electron chi connectivity index (χ4n) is 1.65. The number of nitrogen functional groups attached to an aromatic ring is 1. The number of halogens is 1. The van der Waals surface area contributed by atoms with Crippen molar-refractivity contribution in [2.24, 2.45) is 0 Å². The molecule has 0 heterocycles. The second-order valence-corrected chi connectivity index (χ2v) is 4.55. The third kappa shape index (κ3) is 3.64. The zero-order valence-corrected chi connectivity index (χ0v) is 11.0. The number of nitriles is 1. The first-order valence-corrected chi connectivity index (χ1v) is 6.19. The van der Waals surface area contributed by atoms with Gasteiger partial charge in [-0.15, -0.1) is 0 Å². The van der Waals surface area contributed by atoms with Gasteiger partial charge in [0.2, 0.25) is 0 Å². The molecular formula is C15H13ClN2O. The van der Waals surface area contributed by atoms with Crippen LogP contribution in [-0.4, -0.2) is 0 Å². The SMILES string of the molecule is N#CCc1ccc(OCc2ccc(Cl)cc2N)cc1. The molecule has 0 saturated heterocycles. The smallest absolute Gasteiger partial charge is 0.119 e. The van der Waals surface area contributed by atoms with E-state index in [1.54, 1.807) is 12.1 Å². The number of nitrogens with zero attached hydrogens (tertiary/aromatic N) is 1. The largest absolute Gasteiger partial charge is 0.489 e. The molecule has 0 radical (unpaired) electrons. The Kier molecular flexibility index (Phi) is 4.27. The molecule has 2 aromatic carbocycles. The van der Waals surface area contributed by atoms with Gasteiger partial charge in [-0.3, -0.25) is 0 Å². The van der Waals surface area contributed by atoms with E-state index in [0.29, 0.717) is 23.7 Å². The zero-order chi connectivity index (χ0) is 13.7. The molecule has 19 heavy (non-hydrogen) atoms. The quantitative estimate of drug-likeness (QED) is 0.866. The first-order valence-electron chi connectivity index (χ1n) is 5.81. The lowest BCUT2D eigenvalue weighted by Gasteiger charge is -2.09. The summed E-state index contributed by atoms with van der Waals surface area (Å²) in [5.74, 6) is 0.746. The minimum Gasteiger partial charge on any atom is -0.489 e. The van der Waals surface area contributed by atoms with Crippen LogP contribution in [0.3, 0.4) is 0 Å². The number of hydrogen-bond acceptors (Lipinski definition) is 3. The Balaban J connectivity index is 2.00. The molecule has 96 valence electrons. The lowest BCUT2D eigenvalue weighted by molar-refractivity contribution is 0.307. The fourth-order valence-corrected chi connectivity index (χ4v) is 1.83. The van der Waals surface area contributed by atoms with Gasteiger partial charge in [0.15, 0.2) is 0 Å². The van der Waals surface area contributed by atoms with Crippen LogP contribution in [0.25, 0.3) is 0 Å². The summed E-state index contributed by atoms with van der Waals surface area (Å²) < 4.78 is 5.64. The highest BCUT2D eigenvalue weighted by Crippen LogP contribution is 2.20. The van der Waals surface area contributed by atoms with E-state index in [-0.39, 0.29) is 0 Å². The molecule has 3 nitrogen and oxygen atoms in total. The minimum atomic E-state index is 0.389. The highest BCUT2D eigenvalue weighted by Gasteiger charge is 2.02. The van der Waals surface area contributed by atoms with Crippen LogP contribution in [0.1, 0.15) is 11.1 Å². The number of benzene rings is 2. The van der Waals surface area contributed by atoms with E-state index in [0.717, 1.165) is 16.9 Å². The maximum atomic E-state index is 8.59. The summed E-state index contributed by atoms with van der Waals surface area (Å²) in [5, 5.41) is 9.20. The summed E-state index contributed by atoms with van der Waals surface area (Å²) in [6.45, 7) is 0.389. The van der Waals surface area contributed by atoms with Crippen molar-refractivity contribution in [1.82, 2.24) is 0 Å². The number of ether oxygens (including phenoxy) is 1. The van der Waals surface area contributed by atoms with E-state index in [9.17, 15) is 0 Å². The number of hydrogen-bond donors (Lipinski definition) is 1. The number of anilines is 1. The predicted octanol–water partition coefficient (Wildman–Crippen LogP) is 3.57. The maximum absolute atomic E-state index is 8.59. The maximum Gasteiger partial charge on any atom is 0.119 e. The number of rotatable bonds is 4. The molecule has 0 spiro atoms. The molecule has 2 aromatic rings. The van der Waals surface area contributed by atoms with Crippen molar-refractivity contribution in [2.45, 2.75) is 13.0 Å². The molecule has 0 aliphatic carbocycles. The van der Waals surface area contributed by atoms with Crippen molar-refractivity contribution < 1.29 is 4.74 Å². The van der Waals surface area contributed by atoms with E-state index in [1.165, 1.54) is 0 Å². The lowest BCUT2D eigenvalue weighted by atomic mass is 10.1. The lowest BCUT2D eigenvalue weighted by Crippen LogP contribution is -2.00. The predicted molar refractivity (Wildman–Crippen MR) is 76.0 cm³/mol. The first-order chi connectivity index (χ1) is 9.19. The van der Waals surface area contributed by atoms with Crippen LogP contribution in [-0.2, 0) is 13.0 Å². The van der Waals surface area contributed by atoms with E-state index in [4.69, 9.17) is 27.3 Å². The van der Waals surface area contributed by atoms with Gasteiger partial charge in [0.25, 0.3) is 0 Å². The van der Waals surface area contributed by atoms with Gasteiger partial charge in [0.1, 0.15) is 12.4 Å². The Bertz CT molecular complexity index is 603. The Morgan fingerprint density at radius 3 is 2.53 bits per heavy atom. The van der Waals surface area contributed by atoms with Gasteiger partial charge in [0, 0.05) is 16.3 Å². The highest BCUT2D eigenvalue weighted by molar-refractivity contribution is 6.30. The first kappa shape index (κ1) is 13.3. The van der Waals surface area contributed by atoms with Crippen LogP contribution < -0.4 is 10.5 Å². The standard InChI is InChI=1S/C15H13ClN2O/c16-13-4-3-12(15(18)9-13)10-19-14-5-1-11(2-6-14)7-8-17/h1-6,9H,7,10,18H2. The van der Waals surface area contributed by atoms with Gasteiger partial charge in [-0.25, -0.2) is 0 Å². The van der Waals surface area contributed by atoms with Crippen LogP contribution in [0, 0.1) is 11.3 Å². The normalized spacial score (nSPS) is 9.89. The van der Waals surface area contributed by atoms with E-state index in [2.05, 4.69) is 6.07 Å². The molecule has 0 amide bonds. The summed E-state index contributed by atoms with van der Waals surface area (Å²) in [4.78, 5) is 0. The van der Waals surface area contributed by atoms with Crippen molar-refractivity contribution in [3.05, 3.63) is 58.6 Å². The van der Waals surface area contributed by atoms with Gasteiger partial charge in [0.05, 0.1) is 12.5 Å². The number of nitrogens with two attached hydrogens (primary N) is 1. The molecule has 0 saturated carbocycles. The minimum absolute atomic E-state index is 0.389. The average Bonchev–Trinajstić information content (AvgIpc) is 2.40. The molecule has 4 heteroatoms. The average molecular weight is 273 g/mol. The van der Waals surface area contributed by atoms with Gasteiger partial charge < -0.3 is 10.5 Å². The van der Waals surface area contributed by atoms with Crippen LogP contribution in [0.5, 0.6) is 5.75 Å². The third-order valence-corrected chi connectivity index (χ3v) is 2.94. The van der Waals surface area contributed by atoms with Gasteiger partial charge in [-0.2, -0.15) is 5.26 Å². The van der Waals surface area contributed by atoms with Gasteiger partial charge in [-0.1, -0.05) is 29.8 Å². The molecule has 0 aromatic heterocycles. The molecule has 0 unspecified atom stereocenters. The Morgan fingerprint density at radius 2 is 1.89 bits per heavy atom. The topological polar surface area (TPSA) is 59.0 Å². The van der Waals surface area contributed by atoms with E-state index < -0.39 is 0 Å². The van der Waals surface area contributed by atoms with Crippen LogP contribution in [0.2, 0.25) is 5.02 Å². The van der Waals surface area contributed by atoms with Crippen molar-refractivity contribution in [3.63, 3.8) is 0 Å². The zero-order valence-electron chi connectivity index (χ0n) is 10.3. The summed E-state index contributed by atoms with van der Waals surface area (Å²) in [6, 6.07) is 14.9. The third-order valence-electron chi connectivity index (χ3n) is 2.71. The van der Waals surface area contributed by atoms with E-state index >= 15 is 0 Å². The molecule has 0 aliphatic heterocycles. The van der Waals surface area contributed by atoms with Crippen molar-refractivity contribution in [2.75, 3.05) is 5.73 Å². The molecule has 0 aliphatic rings.